The summed E-state index contributed by atoms with van der Waals surface area (Å²) >= 11 is 0. The fourth-order valence-electron chi connectivity index (χ4n) is 2.33. The van der Waals surface area contributed by atoms with Crippen LogP contribution in [0, 0.1) is 6.92 Å². The number of fused-ring (bicyclic) bond motifs is 1. The molecule has 0 aromatic heterocycles. The molecule has 2 aliphatic rings. The SMILES string of the molecule is Cc1cc(C2CC2)cc2c1C(O)NC=C2. The second-order valence-corrected chi connectivity index (χ2v) is 4.52. The maximum absolute atomic E-state index is 9.82. The number of aryl methyl sites for hydroxylation is 1. The summed E-state index contributed by atoms with van der Waals surface area (Å²) in [7, 11) is 0. The summed E-state index contributed by atoms with van der Waals surface area (Å²) in [6, 6.07) is 4.45. The van der Waals surface area contributed by atoms with Gasteiger partial charge < -0.3 is 10.4 Å². The Morgan fingerprint density at radius 2 is 2.13 bits per heavy atom. The predicted molar refractivity (Wildman–Crippen MR) is 60.3 cm³/mol. The third-order valence-electron chi connectivity index (χ3n) is 3.28. The zero-order chi connectivity index (χ0) is 10.4. The lowest BCUT2D eigenvalue weighted by molar-refractivity contribution is 0.154. The van der Waals surface area contributed by atoms with Gasteiger partial charge in [-0.15, -0.1) is 0 Å². The molecule has 1 aromatic carbocycles. The van der Waals surface area contributed by atoms with Crippen LogP contribution in [0.1, 0.15) is 47.2 Å². The smallest absolute Gasteiger partial charge is 0.151 e. The van der Waals surface area contributed by atoms with Gasteiger partial charge in [0.25, 0.3) is 0 Å². The lowest BCUT2D eigenvalue weighted by atomic mass is 9.94. The molecular weight excluding hydrogens is 186 g/mol. The molecule has 3 rings (SSSR count). The van der Waals surface area contributed by atoms with E-state index in [1.165, 1.54) is 29.5 Å². The quantitative estimate of drug-likeness (QED) is 0.731. The minimum Gasteiger partial charge on any atom is -0.369 e. The van der Waals surface area contributed by atoms with Gasteiger partial charge in [0.2, 0.25) is 0 Å². The third-order valence-corrected chi connectivity index (χ3v) is 3.28. The molecule has 0 radical (unpaired) electrons. The molecule has 2 nitrogen and oxygen atoms in total. The van der Waals surface area contributed by atoms with E-state index in [0.29, 0.717) is 0 Å². The molecule has 1 saturated carbocycles. The zero-order valence-electron chi connectivity index (χ0n) is 8.83. The molecule has 1 fully saturated rings. The fraction of sp³-hybridized carbons (Fsp3) is 0.385. The monoisotopic (exact) mass is 201 g/mol. The Labute approximate surface area is 89.6 Å². The zero-order valence-corrected chi connectivity index (χ0v) is 8.83. The third kappa shape index (κ3) is 1.45. The Morgan fingerprint density at radius 1 is 1.33 bits per heavy atom. The van der Waals surface area contributed by atoms with Crippen LogP contribution in [0.2, 0.25) is 0 Å². The van der Waals surface area contributed by atoms with E-state index in [0.717, 1.165) is 11.5 Å². The van der Waals surface area contributed by atoms with Gasteiger partial charge in [-0.1, -0.05) is 12.1 Å². The highest BCUT2D eigenvalue weighted by atomic mass is 16.3. The molecule has 2 N–H and O–H groups in total. The Hall–Kier alpha value is -1.28. The van der Waals surface area contributed by atoms with Crippen molar-refractivity contribution in [3.8, 4) is 0 Å². The van der Waals surface area contributed by atoms with Crippen LogP contribution in [0.3, 0.4) is 0 Å². The average molecular weight is 201 g/mol. The highest BCUT2D eigenvalue weighted by Gasteiger charge is 2.26. The maximum atomic E-state index is 9.82. The first-order chi connectivity index (χ1) is 7.25. The van der Waals surface area contributed by atoms with Crippen LogP contribution in [0.25, 0.3) is 6.08 Å². The van der Waals surface area contributed by atoms with Crippen molar-refractivity contribution in [2.75, 3.05) is 0 Å². The van der Waals surface area contributed by atoms with Gasteiger partial charge in [-0.2, -0.15) is 0 Å². The van der Waals surface area contributed by atoms with Gasteiger partial charge in [-0.25, -0.2) is 0 Å². The van der Waals surface area contributed by atoms with Crippen molar-refractivity contribution < 1.29 is 5.11 Å². The Bertz CT molecular complexity index is 432. The van der Waals surface area contributed by atoms with Crippen LogP contribution in [0.5, 0.6) is 0 Å². The lowest BCUT2D eigenvalue weighted by Crippen LogP contribution is -2.20. The number of nitrogens with one attached hydrogen (secondary N) is 1. The standard InChI is InChI=1S/C13H15NO/c1-8-6-11(9-2-3-9)7-10-4-5-14-13(15)12(8)10/h4-7,9,13-15H,2-3H2,1H3. The van der Waals surface area contributed by atoms with Gasteiger partial charge >= 0.3 is 0 Å². The number of aliphatic hydroxyl groups excluding tert-OH is 1. The van der Waals surface area contributed by atoms with Crippen molar-refractivity contribution in [2.24, 2.45) is 0 Å². The summed E-state index contributed by atoms with van der Waals surface area (Å²) < 4.78 is 0. The molecule has 1 unspecified atom stereocenters. The minimum absolute atomic E-state index is 0.543. The minimum atomic E-state index is -0.543. The summed E-state index contributed by atoms with van der Waals surface area (Å²) in [4.78, 5) is 0. The van der Waals surface area contributed by atoms with Crippen LogP contribution in [-0.4, -0.2) is 5.11 Å². The van der Waals surface area contributed by atoms with Crippen LogP contribution >= 0.6 is 0 Å². The largest absolute Gasteiger partial charge is 0.369 e. The predicted octanol–water partition coefficient (Wildman–Crippen LogP) is 2.44. The van der Waals surface area contributed by atoms with Crippen LogP contribution in [0.4, 0.5) is 0 Å². The number of benzene rings is 1. The van der Waals surface area contributed by atoms with E-state index >= 15 is 0 Å². The number of rotatable bonds is 1. The molecule has 2 heteroatoms. The second-order valence-electron chi connectivity index (χ2n) is 4.52. The van der Waals surface area contributed by atoms with E-state index in [-0.39, 0.29) is 0 Å². The molecule has 0 bridgehead atoms. The summed E-state index contributed by atoms with van der Waals surface area (Å²) in [6.45, 7) is 2.08. The molecule has 0 saturated heterocycles. The highest BCUT2D eigenvalue weighted by molar-refractivity contribution is 5.60. The Balaban J connectivity index is 2.13. The molecule has 1 heterocycles. The molecule has 78 valence electrons. The maximum Gasteiger partial charge on any atom is 0.151 e. The first-order valence-electron chi connectivity index (χ1n) is 5.51. The van der Waals surface area contributed by atoms with Gasteiger partial charge in [0.05, 0.1) is 0 Å². The van der Waals surface area contributed by atoms with Crippen molar-refractivity contribution in [1.29, 1.82) is 0 Å². The van der Waals surface area contributed by atoms with Crippen molar-refractivity contribution in [1.82, 2.24) is 5.32 Å². The second kappa shape index (κ2) is 3.11. The molecule has 1 atom stereocenters. The van der Waals surface area contributed by atoms with Crippen LogP contribution in [-0.2, 0) is 0 Å². The van der Waals surface area contributed by atoms with Gasteiger partial charge in [-0.05, 0) is 54.6 Å². The molecule has 1 aromatic rings. The number of hydrogen-bond acceptors (Lipinski definition) is 2. The summed E-state index contributed by atoms with van der Waals surface area (Å²) in [6.07, 6.45) is 5.97. The van der Waals surface area contributed by atoms with E-state index in [1.54, 1.807) is 0 Å². The van der Waals surface area contributed by atoms with Crippen LogP contribution < -0.4 is 5.32 Å². The average Bonchev–Trinajstić information content (AvgIpc) is 3.00. The first kappa shape index (κ1) is 8.98. The molecule has 15 heavy (non-hydrogen) atoms. The van der Waals surface area contributed by atoms with Gasteiger partial charge in [-0.3, -0.25) is 0 Å². The summed E-state index contributed by atoms with van der Waals surface area (Å²) in [5, 5.41) is 12.7. The van der Waals surface area contributed by atoms with Gasteiger partial charge in [0, 0.05) is 5.56 Å². The van der Waals surface area contributed by atoms with Crippen molar-refractivity contribution in [3.63, 3.8) is 0 Å². The van der Waals surface area contributed by atoms with E-state index in [1.807, 2.05) is 12.3 Å². The van der Waals surface area contributed by atoms with E-state index in [2.05, 4.69) is 24.4 Å². The number of hydrogen-bond donors (Lipinski definition) is 2. The van der Waals surface area contributed by atoms with E-state index < -0.39 is 6.23 Å². The topological polar surface area (TPSA) is 32.3 Å². The van der Waals surface area contributed by atoms with Gasteiger partial charge in [0.1, 0.15) is 0 Å². The molecule has 1 aliphatic carbocycles. The number of aliphatic hydroxyl groups is 1. The first-order valence-corrected chi connectivity index (χ1v) is 5.51. The van der Waals surface area contributed by atoms with Crippen LogP contribution in [0.15, 0.2) is 18.3 Å². The highest BCUT2D eigenvalue weighted by Crippen LogP contribution is 2.42. The summed E-state index contributed by atoms with van der Waals surface area (Å²) in [5.74, 6) is 0.773. The van der Waals surface area contributed by atoms with Gasteiger partial charge in [0.15, 0.2) is 6.23 Å². The summed E-state index contributed by atoms with van der Waals surface area (Å²) in [5.41, 5.74) is 4.83. The Kier molecular flexibility index (Phi) is 1.86. The molecule has 0 spiro atoms. The van der Waals surface area contributed by atoms with Crippen molar-refractivity contribution in [2.45, 2.75) is 31.9 Å². The lowest BCUT2D eigenvalue weighted by Gasteiger charge is -2.22. The molecule has 0 amide bonds. The molecule has 1 aliphatic heterocycles. The Morgan fingerprint density at radius 3 is 2.87 bits per heavy atom. The molecular formula is C13H15NO. The van der Waals surface area contributed by atoms with Crippen molar-refractivity contribution in [3.05, 3.63) is 40.6 Å². The van der Waals surface area contributed by atoms with E-state index in [4.69, 9.17) is 0 Å². The van der Waals surface area contributed by atoms with E-state index in [9.17, 15) is 5.11 Å². The normalized spacial score (nSPS) is 23.5. The fourth-order valence-corrected chi connectivity index (χ4v) is 2.33. The van der Waals surface area contributed by atoms with Crippen molar-refractivity contribution >= 4 is 6.08 Å².